The van der Waals surface area contributed by atoms with Crippen LogP contribution in [0.15, 0.2) is 61.1 Å². The fourth-order valence-electron chi connectivity index (χ4n) is 2.33. The van der Waals surface area contributed by atoms with Crippen molar-refractivity contribution in [1.82, 2.24) is 14.5 Å². The molecule has 0 spiro atoms. The van der Waals surface area contributed by atoms with Gasteiger partial charge in [-0.25, -0.2) is 4.98 Å². The van der Waals surface area contributed by atoms with E-state index in [9.17, 15) is 5.11 Å². The summed E-state index contributed by atoms with van der Waals surface area (Å²) in [6.07, 6.45) is 4.63. The normalized spacial score (nSPS) is 12.1. The van der Waals surface area contributed by atoms with Gasteiger partial charge in [0.15, 0.2) is 5.82 Å². The van der Waals surface area contributed by atoms with E-state index in [0.29, 0.717) is 6.54 Å². The molecule has 0 aliphatic rings. The van der Waals surface area contributed by atoms with Crippen LogP contribution in [0.25, 0.3) is 11.5 Å². The molecule has 5 nitrogen and oxygen atoms in total. The van der Waals surface area contributed by atoms with Crippen LogP contribution in [-0.4, -0.2) is 26.8 Å². The Hall–Kier alpha value is -2.66. The molecule has 1 unspecified atom stereocenters. The number of rotatable bonds is 5. The van der Waals surface area contributed by atoms with Crippen LogP contribution >= 0.6 is 0 Å². The van der Waals surface area contributed by atoms with Crippen molar-refractivity contribution in [2.75, 3.05) is 7.11 Å². The molecule has 0 aliphatic carbocycles. The molecule has 1 N–H and O–H groups in total. The molecule has 3 rings (SSSR count). The maximum Gasteiger partial charge on any atom is 0.158 e. The van der Waals surface area contributed by atoms with E-state index in [1.165, 1.54) is 0 Å². The van der Waals surface area contributed by atoms with Crippen molar-refractivity contribution in [3.63, 3.8) is 0 Å². The molecule has 1 aromatic carbocycles. The molecule has 0 bridgehead atoms. The van der Waals surface area contributed by atoms with Gasteiger partial charge in [0.25, 0.3) is 0 Å². The van der Waals surface area contributed by atoms with Crippen LogP contribution in [0.3, 0.4) is 0 Å². The number of aliphatic hydroxyl groups is 1. The summed E-state index contributed by atoms with van der Waals surface area (Å²) in [5.41, 5.74) is 1.59. The highest BCUT2D eigenvalue weighted by molar-refractivity contribution is 5.49. The van der Waals surface area contributed by atoms with Crippen molar-refractivity contribution in [2.45, 2.75) is 12.6 Å². The molecule has 0 saturated heterocycles. The number of aliphatic hydroxyl groups excluding tert-OH is 1. The summed E-state index contributed by atoms with van der Waals surface area (Å²) in [7, 11) is 1.61. The van der Waals surface area contributed by atoms with E-state index in [2.05, 4.69) is 9.97 Å². The Kier molecular flexibility index (Phi) is 4.16. The molecule has 112 valence electrons. The van der Waals surface area contributed by atoms with Gasteiger partial charge in [0.2, 0.25) is 0 Å². The number of aromatic nitrogens is 3. The molecular weight excluding hydrogens is 278 g/mol. The summed E-state index contributed by atoms with van der Waals surface area (Å²) >= 11 is 0. The van der Waals surface area contributed by atoms with Gasteiger partial charge in [-0.05, 0) is 29.8 Å². The average molecular weight is 295 g/mol. The predicted octanol–water partition coefficient (Wildman–Crippen LogP) is 2.69. The van der Waals surface area contributed by atoms with Crippen molar-refractivity contribution in [3.05, 3.63) is 66.6 Å². The molecule has 0 aliphatic heterocycles. The van der Waals surface area contributed by atoms with Crippen molar-refractivity contribution in [2.24, 2.45) is 0 Å². The van der Waals surface area contributed by atoms with E-state index in [1.54, 1.807) is 19.5 Å². The molecule has 22 heavy (non-hydrogen) atoms. The Labute approximate surface area is 128 Å². The highest BCUT2D eigenvalue weighted by Crippen LogP contribution is 2.22. The van der Waals surface area contributed by atoms with Crippen LogP contribution in [-0.2, 0) is 6.54 Å². The average Bonchev–Trinajstić information content (AvgIpc) is 3.04. The Morgan fingerprint density at radius 2 is 2.05 bits per heavy atom. The summed E-state index contributed by atoms with van der Waals surface area (Å²) in [6.45, 7) is 0.402. The molecule has 0 radical (unpaired) electrons. The minimum Gasteiger partial charge on any atom is -0.497 e. The smallest absolute Gasteiger partial charge is 0.158 e. The molecule has 2 aromatic heterocycles. The molecule has 3 aromatic rings. The molecule has 0 fully saturated rings. The lowest BCUT2D eigenvalue weighted by atomic mass is 10.1. The Balaban J connectivity index is 1.83. The molecule has 2 heterocycles. The maximum atomic E-state index is 10.5. The van der Waals surface area contributed by atoms with E-state index >= 15 is 0 Å². The van der Waals surface area contributed by atoms with Crippen LogP contribution in [0.4, 0.5) is 0 Å². The summed E-state index contributed by atoms with van der Waals surface area (Å²) in [5.74, 6) is 1.47. The molecule has 1 atom stereocenters. The second kappa shape index (κ2) is 6.41. The van der Waals surface area contributed by atoms with Gasteiger partial charge in [0.1, 0.15) is 11.4 Å². The first kappa shape index (κ1) is 14.3. The zero-order valence-corrected chi connectivity index (χ0v) is 12.3. The number of benzene rings is 1. The summed E-state index contributed by atoms with van der Waals surface area (Å²) in [4.78, 5) is 8.64. The Bertz CT molecular complexity index is 740. The number of imidazole rings is 1. The van der Waals surface area contributed by atoms with Crippen molar-refractivity contribution in [3.8, 4) is 17.3 Å². The fraction of sp³-hybridized carbons (Fsp3) is 0.176. The van der Waals surface area contributed by atoms with E-state index in [1.807, 2.05) is 53.2 Å². The van der Waals surface area contributed by atoms with Crippen LogP contribution < -0.4 is 4.74 Å². The topological polar surface area (TPSA) is 60.2 Å². The number of hydrogen-bond acceptors (Lipinski definition) is 4. The lowest BCUT2D eigenvalue weighted by Gasteiger charge is -2.14. The third kappa shape index (κ3) is 2.99. The molecule has 0 amide bonds. The third-order valence-corrected chi connectivity index (χ3v) is 3.46. The highest BCUT2D eigenvalue weighted by atomic mass is 16.5. The zero-order chi connectivity index (χ0) is 15.4. The minimum absolute atomic E-state index is 0.402. The summed E-state index contributed by atoms with van der Waals surface area (Å²) in [5, 5.41) is 10.5. The zero-order valence-electron chi connectivity index (χ0n) is 12.3. The quantitative estimate of drug-likeness (QED) is 0.786. The van der Waals surface area contributed by atoms with Crippen molar-refractivity contribution < 1.29 is 9.84 Å². The van der Waals surface area contributed by atoms with Gasteiger partial charge in [-0.3, -0.25) is 4.98 Å². The lowest BCUT2D eigenvalue weighted by Crippen LogP contribution is -2.09. The number of methoxy groups -OCH3 is 1. The summed E-state index contributed by atoms with van der Waals surface area (Å²) in [6, 6.07) is 13.1. The predicted molar refractivity (Wildman–Crippen MR) is 83.4 cm³/mol. The number of hydrogen-bond donors (Lipinski definition) is 1. The third-order valence-electron chi connectivity index (χ3n) is 3.46. The minimum atomic E-state index is -0.647. The van der Waals surface area contributed by atoms with Crippen LogP contribution in [0.1, 0.15) is 11.7 Å². The van der Waals surface area contributed by atoms with Gasteiger partial charge in [-0.15, -0.1) is 0 Å². The van der Waals surface area contributed by atoms with Gasteiger partial charge in [0.05, 0.1) is 19.8 Å². The second-order valence-corrected chi connectivity index (χ2v) is 4.91. The van der Waals surface area contributed by atoms with Gasteiger partial charge in [0, 0.05) is 18.6 Å². The van der Waals surface area contributed by atoms with E-state index in [-0.39, 0.29) is 0 Å². The first-order valence-corrected chi connectivity index (χ1v) is 7.02. The van der Waals surface area contributed by atoms with E-state index < -0.39 is 6.10 Å². The van der Waals surface area contributed by atoms with Gasteiger partial charge >= 0.3 is 0 Å². The molecule has 5 heteroatoms. The highest BCUT2D eigenvalue weighted by Gasteiger charge is 2.13. The largest absolute Gasteiger partial charge is 0.497 e. The summed E-state index contributed by atoms with van der Waals surface area (Å²) < 4.78 is 7.09. The van der Waals surface area contributed by atoms with Gasteiger partial charge in [-0.1, -0.05) is 18.2 Å². The number of ether oxygens (including phenoxy) is 1. The van der Waals surface area contributed by atoms with Crippen LogP contribution in [0.5, 0.6) is 5.75 Å². The maximum absolute atomic E-state index is 10.5. The monoisotopic (exact) mass is 295 g/mol. The van der Waals surface area contributed by atoms with Crippen molar-refractivity contribution >= 4 is 0 Å². The van der Waals surface area contributed by atoms with Crippen molar-refractivity contribution in [1.29, 1.82) is 0 Å². The molecule has 0 saturated carbocycles. The van der Waals surface area contributed by atoms with E-state index in [0.717, 1.165) is 22.8 Å². The number of pyridine rings is 1. The fourth-order valence-corrected chi connectivity index (χ4v) is 2.33. The SMILES string of the molecule is COc1cccc(C(O)Cn2ccnc2-c2ccccn2)c1. The van der Waals surface area contributed by atoms with E-state index in [4.69, 9.17) is 4.74 Å². The second-order valence-electron chi connectivity index (χ2n) is 4.91. The molecular formula is C17H17N3O2. The van der Waals surface area contributed by atoms with Gasteiger partial charge < -0.3 is 14.4 Å². The Morgan fingerprint density at radius 1 is 1.14 bits per heavy atom. The number of nitrogens with zero attached hydrogens (tertiary/aromatic N) is 3. The lowest BCUT2D eigenvalue weighted by molar-refractivity contribution is 0.156. The first-order valence-electron chi connectivity index (χ1n) is 7.02. The van der Waals surface area contributed by atoms with Gasteiger partial charge in [-0.2, -0.15) is 0 Å². The first-order chi connectivity index (χ1) is 10.8. The van der Waals surface area contributed by atoms with Crippen LogP contribution in [0.2, 0.25) is 0 Å². The van der Waals surface area contributed by atoms with Crippen LogP contribution in [0, 0.1) is 0 Å². The standard InChI is InChI=1S/C17H17N3O2/c1-22-14-6-4-5-13(11-14)16(21)12-20-10-9-19-17(20)15-7-2-3-8-18-15/h2-11,16,21H,12H2,1H3. The Morgan fingerprint density at radius 3 is 2.82 bits per heavy atom.